The fourth-order valence-corrected chi connectivity index (χ4v) is 3.16. The number of piperidine rings is 1. The number of methoxy groups -OCH3 is 1. The first-order chi connectivity index (χ1) is 12.1. The monoisotopic (exact) mass is 341 g/mol. The van der Waals surface area contributed by atoms with Gasteiger partial charge in [-0.3, -0.25) is 9.59 Å². The summed E-state index contributed by atoms with van der Waals surface area (Å²) in [4.78, 5) is 26.3. The third-order valence-electron chi connectivity index (χ3n) is 4.67. The zero-order valence-electron chi connectivity index (χ0n) is 14.6. The number of ether oxygens (including phenoxy) is 1. The van der Waals surface area contributed by atoms with Crippen molar-refractivity contribution in [3.05, 3.63) is 58.0 Å². The second-order valence-corrected chi connectivity index (χ2v) is 6.46. The van der Waals surface area contributed by atoms with E-state index in [2.05, 4.69) is 5.10 Å². The van der Waals surface area contributed by atoms with Crippen LogP contribution in [0.1, 0.15) is 28.9 Å². The highest BCUT2D eigenvalue weighted by Crippen LogP contribution is 2.21. The molecule has 0 unspecified atom stereocenters. The summed E-state index contributed by atoms with van der Waals surface area (Å²) in [6.07, 6.45) is 1.76. The van der Waals surface area contributed by atoms with Crippen molar-refractivity contribution in [2.75, 3.05) is 20.2 Å². The minimum atomic E-state index is -0.0673. The van der Waals surface area contributed by atoms with Gasteiger partial charge >= 0.3 is 0 Å². The van der Waals surface area contributed by atoms with Crippen molar-refractivity contribution in [1.29, 1.82) is 0 Å². The molecule has 0 saturated carbocycles. The number of rotatable bonds is 4. The van der Waals surface area contributed by atoms with E-state index in [0.717, 1.165) is 24.3 Å². The summed E-state index contributed by atoms with van der Waals surface area (Å²) in [5.41, 5.74) is 1.45. The van der Waals surface area contributed by atoms with Gasteiger partial charge in [-0.2, -0.15) is 5.10 Å². The Bertz CT molecular complexity index is 790. The molecular weight excluding hydrogens is 318 g/mol. The minimum Gasteiger partial charge on any atom is -0.497 e. The average molecular weight is 341 g/mol. The van der Waals surface area contributed by atoms with Crippen LogP contribution in [0, 0.1) is 12.8 Å². The van der Waals surface area contributed by atoms with E-state index in [1.54, 1.807) is 48.2 Å². The lowest BCUT2D eigenvalue weighted by Gasteiger charge is -2.32. The van der Waals surface area contributed by atoms with Gasteiger partial charge in [0.2, 0.25) is 0 Å². The Morgan fingerprint density at radius 2 is 1.84 bits per heavy atom. The molecule has 0 spiro atoms. The molecule has 2 heterocycles. The smallest absolute Gasteiger partial charge is 0.266 e. The molecule has 3 rings (SSSR count). The Balaban J connectivity index is 1.58. The Morgan fingerprint density at radius 3 is 2.48 bits per heavy atom. The normalized spacial score (nSPS) is 15.2. The zero-order chi connectivity index (χ0) is 17.8. The number of amides is 1. The summed E-state index contributed by atoms with van der Waals surface area (Å²) in [7, 11) is 1.61. The molecule has 1 aromatic carbocycles. The third-order valence-corrected chi connectivity index (χ3v) is 4.67. The summed E-state index contributed by atoms with van der Waals surface area (Å²) in [6.45, 7) is 3.91. The van der Waals surface area contributed by atoms with Crippen LogP contribution in [0.5, 0.6) is 5.75 Å². The van der Waals surface area contributed by atoms with Gasteiger partial charge in [0.15, 0.2) is 0 Å². The molecule has 0 radical (unpaired) electrons. The van der Waals surface area contributed by atoms with Crippen molar-refractivity contribution >= 4 is 5.91 Å². The van der Waals surface area contributed by atoms with E-state index in [-0.39, 0.29) is 11.5 Å². The van der Waals surface area contributed by atoms with Crippen molar-refractivity contribution < 1.29 is 9.53 Å². The predicted octanol–water partition coefficient (Wildman–Crippen LogP) is 2.11. The largest absolute Gasteiger partial charge is 0.497 e. The first-order valence-electron chi connectivity index (χ1n) is 8.55. The van der Waals surface area contributed by atoms with E-state index in [9.17, 15) is 9.59 Å². The van der Waals surface area contributed by atoms with Gasteiger partial charge in [-0.25, -0.2) is 4.68 Å². The standard InChI is InChI=1S/C19H23N3O3/c1-14-3-8-18(23)22(20-14)13-15-9-11-21(12-10-15)19(24)16-4-6-17(25-2)7-5-16/h3-8,15H,9-13H2,1-2H3. The van der Waals surface area contributed by atoms with Gasteiger partial charge in [0.25, 0.3) is 11.5 Å². The van der Waals surface area contributed by atoms with Crippen LogP contribution in [0.2, 0.25) is 0 Å². The Hall–Kier alpha value is -2.63. The zero-order valence-corrected chi connectivity index (χ0v) is 14.6. The molecule has 1 saturated heterocycles. The van der Waals surface area contributed by atoms with Crippen LogP contribution >= 0.6 is 0 Å². The molecule has 1 fully saturated rings. The van der Waals surface area contributed by atoms with Crippen molar-refractivity contribution in [1.82, 2.24) is 14.7 Å². The van der Waals surface area contributed by atoms with Gasteiger partial charge in [0, 0.05) is 31.3 Å². The maximum Gasteiger partial charge on any atom is 0.266 e. The molecule has 25 heavy (non-hydrogen) atoms. The lowest BCUT2D eigenvalue weighted by atomic mass is 9.96. The van der Waals surface area contributed by atoms with Crippen molar-refractivity contribution in [2.45, 2.75) is 26.3 Å². The second kappa shape index (κ2) is 7.51. The van der Waals surface area contributed by atoms with E-state index in [4.69, 9.17) is 4.74 Å². The number of hydrogen-bond acceptors (Lipinski definition) is 4. The molecule has 0 aliphatic carbocycles. The molecule has 1 aliphatic heterocycles. The predicted molar refractivity (Wildman–Crippen MR) is 94.9 cm³/mol. The fourth-order valence-electron chi connectivity index (χ4n) is 3.16. The van der Waals surface area contributed by atoms with Crippen LogP contribution < -0.4 is 10.3 Å². The number of carbonyl (C=O) groups is 1. The molecule has 0 atom stereocenters. The highest BCUT2D eigenvalue weighted by molar-refractivity contribution is 5.94. The quantitative estimate of drug-likeness (QED) is 0.854. The SMILES string of the molecule is COc1ccc(C(=O)N2CCC(Cn3nc(C)ccc3=O)CC2)cc1. The summed E-state index contributed by atoms with van der Waals surface area (Å²) < 4.78 is 6.67. The third kappa shape index (κ3) is 4.07. The van der Waals surface area contributed by atoms with Crippen molar-refractivity contribution in [3.8, 4) is 5.75 Å². The van der Waals surface area contributed by atoms with E-state index in [1.807, 2.05) is 11.8 Å². The summed E-state index contributed by atoms with van der Waals surface area (Å²) in [5, 5.41) is 4.30. The molecule has 132 valence electrons. The fraction of sp³-hybridized carbons (Fsp3) is 0.421. The number of carbonyl (C=O) groups excluding carboxylic acids is 1. The molecule has 1 aliphatic rings. The summed E-state index contributed by atoms with van der Waals surface area (Å²) >= 11 is 0. The van der Waals surface area contributed by atoms with Gasteiger partial charge in [-0.1, -0.05) is 0 Å². The maximum atomic E-state index is 12.6. The molecule has 0 bridgehead atoms. The van der Waals surface area contributed by atoms with E-state index >= 15 is 0 Å². The Morgan fingerprint density at radius 1 is 1.16 bits per heavy atom. The number of likely N-dealkylation sites (tertiary alicyclic amines) is 1. The molecule has 2 aromatic rings. The number of benzene rings is 1. The Kier molecular flexibility index (Phi) is 5.16. The van der Waals surface area contributed by atoms with E-state index in [1.165, 1.54) is 0 Å². The molecular formula is C19H23N3O3. The van der Waals surface area contributed by atoms with Gasteiger partial charge in [-0.05, 0) is 56.0 Å². The number of nitrogens with zero attached hydrogens (tertiary/aromatic N) is 3. The van der Waals surface area contributed by atoms with Crippen LogP contribution in [0.25, 0.3) is 0 Å². The van der Waals surface area contributed by atoms with Crippen LogP contribution in [0.4, 0.5) is 0 Å². The molecule has 6 heteroatoms. The lowest BCUT2D eigenvalue weighted by molar-refractivity contribution is 0.0680. The van der Waals surface area contributed by atoms with Crippen molar-refractivity contribution in [2.24, 2.45) is 5.92 Å². The summed E-state index contributed by atoms with van der Waals surface area (Å²) in [5.74, 6) is 1.16. The first kappa shape index (κ1) is 17.2. The summed E-state index contributed by atoms with van der Waals surface area (Å²) in [6, 6.07) is 10.5. The number of hydrogen-bond donors (Lipinski definition) is 0. The van der Waals surface area contributed by atoms with E-state index in [0.29, 0.717) is 31.1 Å². The van der Waals surface area contributed by atoms with Crippen LogP contribution in [0.15, 0.2) is 41.2 Å². The average Bonchev–Trinajstić information content (AvgIpc) is 2.65. The highest BCUT2D eigenvalue weighted by Gasteiger charge is 2.24. The van der Waals surface area contributed by atoms with E-state index < -0.39 is 0 Å². The van der Waals surface area contributed by atoms with Crippen LogP contribution in [-0.2, 0) is 6.54 Å². The molecule has 1 aromatic heterocycles. The molecule has 6 nitrogen and oxygen atoms in total. The minimum absolute atomic E-state index is 0.0481. The number of aromatic nitrogens is 2. The lowest BCUT2D eigenvalue weighted by Crippen LogP contribution is -2.40. The van der Waals surface area contributed by atoms with Crippen molar-refractivity contribution in [3.63, 3.8) is 0 Å². The van der Waals surface area contributed by atoms with Crippen LogP contribution in [-0.4, -0.2) is 40.8 Å². The Labute approximate surface area is 147 Å². The number of aryl methyl sites for hydroxylation is 1. The van der Waals surface area contributed by atoms with Gasteiger partial charge in [0.05, 0.1) is 12.8 Å². The molecule has 0 N–H and O–H groups in total. The topological polar surface area (TPSA) is 64.4 Å². The second-order valence-electron chi connectivity index (χ2n) is 6.46. The highest BCUT2D eigenvalue weighted by atomic mass is 16.5. The van der Waals surface area contributed by atoms with Gasteiger partial charge in [-0.15, -0.1) is 0 Å². The maximum absolute atomic E-state index is 12.6. The first-order valence-corrected chi connectivity index (χ1v) is 8.55. The van der Waals surface area contributed by atoms with Crippen LogP contribution in [0.3, 0.4) is 0 Å². The molecule has 1 amide bonds. The van der Waals surface area contributed by atoms with Gasteiger partial charge < -0.3 is 9.64 Å². The van der Waals surface area contributed by atoms with Gasteiger partial charge in [0.1, 0.15) is 5.75 Å².